The van der Waals surface area contributed by atoms with E-state index >= 15 is 0 Å². The van der Waals surface area contributed by atoms with Crippen molar-refractivity contribution in [3.8, 4) is 0 Å². The molecule has 17 heavy (non-hydrogen) atoms. The maximum Gasteiger partial charge on any atom is 0.0593 e. The first-order chi connectivity index (χ1) is 8.11. The Balaban J connectivity index is 3.64. The van der Waals surface area contributed by atoms with E-state index in [0.29, 0.717) is 6.04 Å². The van der Waals surface area contributed by atoms with Crippen molar-refractivity contribution in [2.45, 2.75) is 47.1 Å². The molecule has 0 bridgehead atoms. The van der Waals surface area contributed by atoms with Crippen LogP contribution in [0.3, 0.4) is 0 Å². The van der Waals surface area contributed by atoms with Crippen LogP contribution >= 0.6 is 0 Å². The molecule has 0 rings (SSSR count). The van der Waals surface area contributed by atoms with Crippen molar-refractivity contribution in [2.75, 3.05) is 39.4 Å². The van der Waals surface area contributed by atoms with Crippen molar-refractivity contribution < 1.29 is 4.74 Å². The summed E-state index contributed by atoms with van der Waals surface area (Å²) >= 11 is 0. The van der Waals surface area contributed by atoms with Crippen LogP contribution in [0.2, 0.25) is 0 Å². The zero-order valence-electron chi connectivity index (χ0n) is 12.5. The number of nitrogens with one attached hydrogen (secondary N) is 1. The van der Waals surface area contributed by atoms with Crippen LogP contribution in [0.15, 0.2) is 0 Å². The van der Waals surface area contributed by atoms with Crippen LogP contribution in [0.25, 0.3) is 0 Å². The predicted octanol–water partition coefficient (Wildman–Crippen LogP) is 2.37. The Labute approximate surface area is 108 Å². The highest BCUT2D eigenvalue weighted by Gasteiger charge is 2.10. The van der Waals surface area contributed by atoms with E-state index in [4.69, 9.17) is 4.74 Å². The number of rotatable bonds is 11. The fourth-order valence-electron chi connectivity index (χ4n) is 1.85. The summed E-state index contributed by atoms with van der Waals surface area (Å²) < 4.78 is 5.41. The van der Waals surface area contributed by atoms with Gasteiger partial charge in [0, 0.05) is 25.7 Å². The molecule has 0 aromatic heterocycles. The maximum atomic E-state index is 5.41. The van der Waals surface area contributed by atoms with Gasteiger partial charge in [-0.15, -0.1) is 0 Å². The number of nitrogens with zero attached hydrogens (tertiary/aromatic N) is 1. The molecule has 0 aliphatic rings. The minimum absolute atomic E-state index is 0.590. The van der Waals surface area contributed by atoms with E-state index in [0.717, 1.165) is 45.3 Å². The van der Waals surface area contributed by atoms with E-state index in [1.807, 2.05) is 6.92 Å². The van der Waals surface area contributed by atoms with E-state index in [1.54, 1.807) is 0 Å². The first-order valence-electron chi connectivity index (χ1n) is 7.14. The van der Waals surface area contributed by atoms with Gasteiger partial charge < -0.3 is 10.1 Å². The van der Waals surface area contributed by atoms with Gasteiger partial charge in [-0.25, -0.2) is 0 Å². The van der Waals surface area contributed by atoms with Crippen LogP contribution in [-0.4, -0.2) is 50.3 Å². The van der Waals surface area contributed by atoms with Crippen molar-refractivity contribution in [3.63, 3.8) is 0 Å². The predicted molar refractivity (Wildman–Crippen MR) is 75.5 cm³/mol. The highest BCUT2D eigenvalue weighted by Crippen LogP contribution is 1.99. The highest BCUT2D eigenvalue weighted by molar-refractivity contribution is 4.68. The summed E-state index contributed by atoms with van der Waals surface area (Å²) in [4.78, 5) is 2.47. The molecular formula is C14H32N2O. The molecule has 0 aliphatic carbocycles. The van der Waals surface area contributed by atoms with Crippen molar-refractivity contribution >= 4 is 0 Å². The normalized spacial score (nSPS) is 13.6. The van der Waals surface area contributed by atoms with Crippen molar-refractivity contribution in [1.29, 1.82) is 0 Å². The molecule has 0 spiro atoms. The molecule has 0 saturated heterocycles. The Hall–Kier alpha value is -0.120. The second-order valence-corrected chi connectivity index (χ2v) is 5.06. The summed E-state index contributed by atoms with van der Waals surface area (Å²) in [5.74, 6) is 0.790. The molecule has 1 atom stereocenters. The van der Waals surface area contributed by atoms with Crippen LogP contribution in [0.1, 0.15) is 41.0 Å². The first-order valence-corrected chi connectivity index (χ1v) is 7.14. The van der Waals surface area contributed by atoms with Crippen LogP contribution < -0.4 is 5.32 Å². The summed E-state index contributed by atoms with van der Waals surface area (Å²) in [5, 5.41) is 3.54. The molecule has 0 aliphatic heterocycles. The van der Waals surface area contributed by atoms with Gasteiger partial charge in [0.05, 0.1) is 6.61 Å². The largest absolute Gasteiger partial charge is 0.380 e. The molecule has 104 valence electrons. The van der Waals surface area contributed by atoms with Gasteiger partial charge in [-0.3, -0.25) is 4.90 Å². The Bertz CT molecular complexity index is 162. The molecular weight excluding hydrogens is 212 g/mol. The van der Waals surface area contributed by atoms with Crippen LogP contribution in [-0.2, 0) is 4.74 Å². The first kappa shape index (κ1) is 16.9. The summed E-state index contributed by atoms with van der Waals surface area (Å²) in [7, 11) is 0. The molecule has 0 fully saturated rings. The third-order valence-corrected chi connectivity index (χ3v) is 3.09. The Morgan fingerprint density at radius 1 is 1.18 bits per heavy atom. The van der Waals surface area contributed by atoms with E-state index in [1.165, 1.54) is 6.42 Å². The lowest BCUT2D eigenvalue weighted by molar-refractivity contribution is 0.0998. The maximum absolute atomic E-state index is 5.41. The fourth-order valence-corrected chi connectivity index (χ4v) is 1.85. The van der Waals surface area contributed by atoms with E-state index in [-0.39, 0.29) is 0 Å². The monoisotopic (exact) mass is 244 g/mol. The molecule has 1 N–H and O–H groups in total. The second-order valence-electron chi connectivity index (χ2n) is 5.06. The van der Waals surface area contributed by atoms with E-state index < -0.39 is 0 Å². The van der Waals surface area contributed by atoms with Gasteiger partial charge in [0.2, 0.25) is 0 Å². The molecule has 3 heteroatoms. The molecule has 0 heterocycles. The quantitative estimate of drug-likeness (QED) is 0.565. The van der Waals surface area contributed by atoms with Gasteiger partial charge in [0.1, 0.15) is 0 Å². The molecule has 0 aromatic rings. The molecule has 0 aromatic carbocycles. The fraction of sp³-hybridized carbons (Fsp3) is 1.00. The van der Waals surface area contributed by atoms with Crippen molar-refractivity contribution in [1.82, 2.24) is 10.2 Å². The third-order valence-electron chi connectivity index (χ3n) is 3.09. The summed E-state index contributed by atoms with van der Waals surface area (Å²) in [5.41, 5.74) is 0. The molecule has 3 nitrogen and oxygen atoms in total. The Morgan fingerprint density at radius 2 is 1.88 bits per heavy atom. The minimum Gasteiger partial charge on any atom is -0.380 e. The van der Waals surface area contributed by atoms with Crippen molar-refractivity contribution in [2.24, 2.45) is 5.92 Å². The van der Waals surface area contributed by atoms with Crippen LogP contribution in [0.5, 0.6) is 0 Å². The molecule has 0 radical (unpaired) electrons. The van der Waals surface area contributed by atoms with Gasteiger partial charge in [-0.2, -0.15) is 0 Å². The van der Waals surface area contributed by atoms with Gasteiger partial charge in [-0.1, -0.05) is 20.8 Å². The zero-order chi connectivity index (χ0) is 13.1. The lowest BCUT2D eigenvalue weighted by Gasteiger charge is -2.28. The molecule has 0 amide bonds. The topological polar surface area (TPSA) is 24.5 Å². The average molecular weight is 244 g/mol. The lowest BCUT2D eigenvalue weighted by Crippen LogP contribution is -2.42. The number of hydrogen-bond acceptors (Lipinski definition) is 3. The summed E-state index contributed by atoms with van der Waals surface area (Å²) in [6, 6.07) is 0.590. The minimum atomic E-state index is 0.590. The SMILES string of the molecule is CCOCCN(CC)C(C)CNCCC(C)C. The van der Waals surface area contributed by atoms with Gasteiger partial charge >= 0.3 is 0 Å². The van der Waals surface area contributed by atoms with Gasteiger partial charge in [0.25, 0.3) is 0 Å². The standard InChI is InChI=1S/C14H32N2O/c1-6-16(10-11-17-7-2)14(5)12-15-9-8-13(3)4/h13-15H,6-12H2,1-5H3. The Kier molecular flexibility index (Phi) is 10.9. The van der Waals surface area contributed by atoms with Crippen molar-refractivity contribution in [3.05, 3.63) is 0 Å². The third kappa shape index (κ3) is 9.57. The Morgan fingerprint density at radius 3 is 2.41 bits per heavy atom. The highest BCUT2D eigenvalue weighted by atomic mass is 16.5. The molecule has 0 saturated carbocycles. The second kappa shape index (κ2) is 11.0. The number of hydrogen-bond donors (Lipinski definition) is 1. The average Bonchev–Trinajstić information content (AvgIpc) is 2.30. The lowest BCUT2D eigenvalue weighted by atomic mass is 10.1. The van der Waals surface area contributed by atoms with Gasteiger partial charge in [0.15, 0.2) is 0 Å². The summed E-state index contributed by atoms with van der Waals surface area (Å²) in [6.07, 6.45) is 1.26. The zero-order valence-corrected chi connectivity index (χ0v) is 12.5. The van der Waals surface area contributed by atoms with Gasteiger partial charge in [-0.05, 0) is 39.3 Å². The molecule has 1 unspecified atom stereocenters. The number of likely N-dealkylation sites (N-methyl/N-ethyl adjacent to an activating group) is 1. The summed E-state index contributed by atoms with van der Waals surface area (Å²) in [6.45, 7) is 17.1. The van der Waals surface area contributed by atoms with E-state index in [9.17, 15) is 0 Å². The number of ether oxygens (including phenoxy) is 1. The smallest absolute Gasteiger partial charge is 0.0593 e. The van der Waals surface area contributed by atoms with Crippen LogP contribution in [0.4, 0.5) is 0 Å². The van der Waals surface area contributed by atoms with Crippen LogP contribution in [0, 0.1) is 5.92 Å². The van der Waals surface area contributed by atoms with E-state index in [2.05, 4.69) is 37.9 Å².